The molecule has 2 rings (SSSR count). The lowest BCUT2D eigenvalue weighted by Crippen LogP contribution is -2.38. The first kappa shape index (κ1) is 21.8. The molecule has 0 spiro atoms. The van der Waals surface area contributed by atoms with Crippen LogP contribution < -0.4 is 10.0 Å². The second-order valence-corrected chi connectivity index (χ2v) is 8.36. The fraction of sp³-hybridized carbons (Fsp3) is 0.350. The molecule has 0 aliphatic heterocycles. The van der Waals surface area contributed by atoms with E-state index in [1.54, 1.807) is 24.3 Å². The van der Waals surface area contributed by atoms with Gasteiger partial charge in [0.1, 0.15) is 5.82 Å². The molecule has 0 aliphatic rings. The molecular formula is C20H27FN4O2S. The second kappa shape index (κ2) is 10.2. The van der Waals surface area contributed by atoms with Crippen LogP contribution in [0.25, 0.3) is 0 Å². The zero-order chi connectivity index (χ0) is 20.6. The number of nitrogens with zero attached hydrogens (tertiary/aromatic N) is 2. The van der Waals surface area contributed by atoms with E-state index in [0.29, 0.717) is 13.1 Å². The molecule has 0 bridgehead atoms. The van der Waals surface area contributed by atoms with Gasteiger partial charge < -0.3 is 10.2 Å². The first-order valence-electron chi connectivity index (χ1n) is 9.06. The Balaban J connectivity index is 2.03. The Hall–Kier alpha value is -2.45. The van der Waals surface area contributed by atoms with Crippen LogP contribution in [0.5, 0.6) is 0 Å². The predicted octanol–water partition coefficient (Wildman–Crippen LogP) is 2.47. The number of rotatable bonds is 8. The number of hydrogen-bond donors (Lipinski definition) is 2. The summed E-state index contributed by atoms with van der Waals surface area (Å²) in [7, 11) is 0.0531. The first-order chi connectivity index (χ1) is 13.3. The third-order valence-electron chi connectivity index (χ3n) is 4.13. The minimum atomic E-state index is -3.28. The van der Waals surface area contributed by atoms with Gasteiger partial charge in [0.25, 0.3) is 0 Å². The summed E-state index contributed by atoms with van der Waals surface area (Å²) in [5.74, 6) is 0.447. The number of guanidine groups is 1. The van der Waals surface area contributed by atoms with E-state index in [4.69, 9.17) is 0 Å². The molecule has 0 unspecified atom stereocenters. The van der Waals surface area contributed by atoms with Gasteiger partial charge in [-0.15, -0.1) is 0 Å². The monoisotopic (exact) mass is 406 g/mol. The topological polar surface area (TPSA) is 73.8 Å². The third kappa shape index (κ3) is 6.94. The standard InChI is InChI=1S/C20H27FN4O2S/c1-4-23-20(25(3)14-17-9-11-19(21)12-10-17)24-13-16-5-7-18(8-6-16)15-28(26,27)22-2/h5-12,22H,4,13-15H2,1-3H3,(H,23,24). The van der Waals surface area contributed by atoms with E-state index in [2.05, 4.69) is 15.0 Å². The molecule has 0 atom stereocenters. The van der Waals surface area contributed by atoms with Crippen LogP contribution >= 0.6 is 0 Å². The summed E-state index contributed by atoms with van der Waals surface area (Å²) in [6, 6.07) is 13.8. The van der Waals surface area contributed by atoms with Crippen LogP contribution in [0.4, 0.5) is 4.39 Å². The average molecular weight is 407 g/mol. The van der Waals surface area contributed by atoms with E-state index < -0.39 is 10.0 Å². The number of halogens is 1. The summed E-state index contributed by atoms with van der Waals surface area (Å²) in [5.41, 5.74) is 2.70. The van der Waals surface area contributed by atoms with Gasteiger partial charge in [0.15, 0.2) is 5.96 Å². The zero-order valence-corrected chi connectivity index (χ0v) is 17.3. The maximum atomic E-state index is 13.1. The van der Waals surface area contributed by atoms with Crippen LogP contribution in [0.2, 0.25) is 0 Å². The highest BCUT2D eigenvalue weighted by molar-refractivity contribution is 7.88. The van der Waals surface area contributed by atoms with Crippen molar-refractivity contribution in [3.8, 4) is 0 Å². The number of sulfonamides is 1. The molecule has 0 radical (unpaired) electrons. The van der Waals surface area contributed by atoms with Gasteiger partial charge in [0, 0.05) is 20.1 Å². The lowest BCUT2D eigenvalue weighted by Gasteiger charge is -2.22. The molecule has 0 aliphatic carbocycles. The molecule has 2 aromatic rings. The van der Waals surface area contributed by atoms with Crippen LogP contribution in [-0.4, -0.2) is 39.9 Å². The molecule has 2 aromatic carbocycles. The van der Waals surface area contributed by atoms with E-state index in [-0.39, 0.29) is 11.6 Å². The van der Waals surface area contributed by atoms with Crippen LogP contribution in [0.3, 0.4) is 0 Å². The maximum Gasteiger partial charge on any atom is 0.215 e. The molecule has 0 saturated heterocycles. The summed E-state index contributed by atoms with van der Waals surface area (Å²) in [6.07, 6.45) is 0. The average Bonchev–Trinajstić information content (AvgIpc) is 2.68. The van der Waals surface area contributed by atoms with Gasteiger partial charge in [-0.2, -0.15) is 0 Å². The van der Waals surface area contributed by atoms with Crippen molar-refractivity contribution >= 4 is 16.0 Å². The zero-order valence-electron chi connectivity index (χ0n) is 16.4. The highest BCUT2D eigenvalue weighted by Gasteiger charge is 2.09. The van der Waals surface area contributed by atoms with Crippen LogP contribution in [0.15, 0.2) is 53.5 Å². The fourth-order valence-electron chi connectivity index (χ4n) is 2.61. The molecule has 0 aromatic heterocycles. The second-order valence-electron chi connectivity index (χ2n) is 6.43. The largest absolute Gasteiger partial charge is 0.357 e. The normalized spacial score (nSPS) is 12.1. The highest BCUT2D eigenvalue weighted by atomic mass is 32.2. The van der Waals surface area contributed by atoms with E-state index in [9.17, 15) is 12.8 Å². The van der Waals surface area contributed by atoms with Crippen molar-refractivity contribution in [1.82, 2.24) is 14.9 Å². The van der Waals surface area contributed by atoms with Crippen molar-refractivity contribution in [2.75, 3.05) is 20.6 Å². The lowest BCUT2D eigenvalue weighted by atomic mass is 10.1. The van der Waals surface area contributed by atoms with Gasteiger partial charge in [-0.25, -0.2) is 22.5 Å². The molecule has 0 heterocycles. The van der Waals surface area contributed by atoms with Crippen LogP contribution in [0, 0.1) is 5.82 Å². The van der Waals surface area contributed by atoms with Crippen molar-refractivity contribution < 1.29 is 12.8 Å². The molecular weight excluding hydrogens is 379 g/mol. The van der Waals surface area contributed by atoms with Gasteiger partial charge in [0.05, 0.1) is 12.3 Å². The highest BCUT2D eigenvalue weighted by Crippen LogP contribution is 2.10. The molecule has 0 saturated carbocycles. The summed E-state index contributed by atoms with van der Waals surface area (Å²) in [4.78, 5) is 6.62. The van der Waals surface area contributed by atoms with Gasteiger partial charge >= 0.3 is 0 Å². The lowest BCUT2D eigenvalue weighted by molar-refractivity contribution is 0.476. The minimum absolute atomic E-state index is 0.0455. The van der Waals surface area contributed by atoms with E-state index >= 15 is 0 Å². The van der Waals surface area contributed by atoms with E-state index in [1.165, 1.54) is 19.2 Å². The Labute approximate surface area is 166 Å². The molecule has 2 N–H and O–H groups in total. The van der Waals surface area contributed by atoms with Crippen LogP contribution in [0.1, 0.15) is 23.6 Å². The van der Waals surface area contributed by atoms with E-state index in [1.807, 2.05) is 31.0 Å². The molecule has 8 heteroatoms. The summed E-state index contributed by atoms with van der Waals surface area (Å²) >= 11 is 0. The van der Waals surface area contributed by atoms with Crippen molar-refractivity contribution in [3.05, 3.63) is 71.0 Å². The first-order valence-corrected chi connectivity index (χ1v) is 10.7. The van der Waals surface area contributed by atoms with Gasteiger partial charge in [-0.1, -0.05) is 36.4 Å². The fourth-order valence-corrected chi connectivity index (χ4v) is 3.38. The van der Waals surface area contributed by atoms with E-state index in [0.717, 1.165) is 29.2 Å². The van der Waals surface area contributed by atoms with Crippen molar-refractivity contribution in [3.63, 3.8) is 0 Å². The Kier molecular flexibility index (Phi) is 7.95. The maximum absolute atomic E-state index is 13.1. The van der Waals surface area contributed by atoms with Gasteiger partial charge in [-0.05, 0) is 42.8 Å². The molecule has 0 amide bonds. The SMILES string of the molecule is CCNC(=NCc1ccc(CS(=O)(=O)NC)cc1)N(C)Cc1ccc(F)cc1. The summed E-state index contributed by atoms with van der Waals surface area (Å²) in [6.45, 7) is 3.80. The predicted molar refractivity (Wildman–Crippen MR) is 111 cm³/mol. The Morgan fingerprint density at radius 1 is 1.04 bits per heavy atom. The number of hydrogen-bond acceptors (Lipinski definition) is 3. The third-order valence-corrected chi connectivity index (χ3v) is 5.47. The number of nitrogens with one attached hydrogen (secondary N) is 2. The smallest absolute Gasteiger partial charge is 0.215 e. The van der Waals surface area contributed by atoms with Crippen LogP contribution in [-0.2, 0) is 28.9 Å². The molecule has 152 valence electrons. The molecule has 28 heavy (non-hydrogen) atoms. The Morgan fingerprint density at radius 2 is 1.61 bits per heavy atom. The quantitative estimate of drug-likeness (QED) is 0.522. The van der Waals surface area contributed by atoms with Gasteiger partial charge in [0.2, 0.25) is 10.0 Å². The molecule has 6 nitrogen and oxygen atoms in total. The molecule has 0 fully saturated rings. The van der Waals surface area contributed by atoms with Gasteiger partial charge in [-0.3, -0.25) is 0 Å². The Bertz CT molecular complexity index is 881. The Morgan fingerprint density at radius 3 is 2.18 bits per heavy atom. The minimum Gasteiger partial charge on any atom is -0.357 e. The summed E-state index contributed by atoms with van der Waals surface area (Å²) < 4.78 is 38.6. The van der Waals surface area contributed by atoms with Crippen molar-refractivity contribution in [2.45, 2.75) is 25.8 Å². The van der Waals surface area contributed by atoms with Crippen molar-refractivity contribution in [2.24, 2.45) is 4.99 Å². The summed E-state index contributed by atoms with van der Waals surface area (Å²) in [5, 5.41) is 3.25. The van der Waals surface area contributed by atoms with Crippen molar-refractivity contribution in [1.29, 1.82) is 0 Å². The number of aliphatic imine (C=N–C) groups is 1. The number of benzene rings is 2.